The Morgan fingerprint density at radius 3 is 2.23 bits per heavy atom. The minimum Gasteiger partial charge on any atom is -0.450 e. The molecule has 1 saturated heterocycles. The maximum Gasteiger partial charge on any atom is 0.303 e. The summed E-state index contributed by atoms with van der Waals surface area (Å²) in [5.41, 5.74) is 2.03. The highest BCUT2D eigenvalue weighted by atomic mass is 16.6. The molecule has 0 saturated carbocycles. The standard InChI is InChI=1S/C18H17NO3/c1-13(20)22-17-16(15-10-6-3-7-11-15)19(18(17)21)12-14-8-4-2-5-9-14/h2-11,16-17H,12H2,1H3/t16-,17-/m0/s1. The number of amides is 1. The molecule has 0 radical (unpaired) electrons. The van der Waals surface area contributed by atoms with Crippen molar-refractivity contribution >= 4 is 11.9 Å². The fourth-order valence-electron chi connectivity index (χ4n) is 2.77. The highest BCUT2D eigenvalue weighted by Crippen LogP contribution is 2.38. The molecule has 2 atom stereocenters. The number of hydrogen-bond acceptors (Lipinski definition) is 3. The molecule has 2 aromatic carbocycles. The first-order valence-electron chi connectivity index (χ1n) is 7.23. The highest BCUT2D eigenvalue weighted by Gasteiger charge is 2.50. The van der Waals surface area contributed by atoms with E-state index in [0.717, 1.165) is 11.1 Å². The van der Waals surface area contributed by atoms with E-state index in [2.05, 4.69) is 0 Å². The number of carbonyl (C=O) groups excluding carboxylic acids is 2. The van der Waals surface area contributed by atoms with Gasteiger partial charge >= 0.3 is 5.97 Å². The molecule has 1 amide bonds. The summed E-state index contributed by atoms with van der Waals surface area (Å²) in [6.45, 7) is 1.84. The first kappa shape index (κ1) is 14.3. The summed E-state index contributed by atoms with van der Waals surface area (Å²) in [4.78, 5) is 25.3. The Morgan fingerprint density at radius 1 is 1.05 bits per heavy atom. The van der Waals surface area contributed by atoms with Crippen molar-refractivity contribution in [2.75, 3.05) is 0 Å². The molecule has 0 unspecified atom stereocenters. The molecular weight excluding hydrogens is 278 g/mol. The smallest absolute Gasteiger partial charge is 0.303 e. The Kier molecular flexibility index (Phi) is 3.92. The zero-order valence-corrected chi connectivity index (χ0v) is 12.3. The van der Waals surface area contributed by atoms with E-state index >= 15 is 0 Å². The molecule has 4 heteroatoms. The largest absolute Gasteiger partial charge is 0.450 e. The van der Waals surface area contributed by atoms with Gasteiger partial charge in [-0.2, -0.15) is 0 Å². The average Bonchev–Trinajstić information content (AvgIpc) is 2.55. The second-order valence-corrected chi connectivity index (χ2v) is 5.34. The Balaban J connectivity index is 1.85. The summed E-state index contributed by atoms with van der Waals surface area (Å²) in [6, 6.07) is 19.2. The van der Waals surface area contributed by atoms with Crippen molar-refractivity contribution in [3.05, 3.63) is 71.8 Å². The minimum absolute atomic E-state index is 0.145. The predicted octanol–water partition coefficient (Wildman–Crippen LogP) is 2.70. The van der Waals surface area contributed by atoms with Crippen LogP contribution >= 0.6 is 0 Å². The molecule has 1 heterocycles. The van der Waals surface area contributed by atoms with Crippen LogP contribution in [0.2, 0.25) is 0 Å². The number of nitrogens with zero attached hydrogens (tertiary/aromatic N) is 1. The summed E-state index contributed by atoms with van der Waals surface area (Å²) in [5, 5.41) is 0. The van der Waals surface area contributed by atoms with Crippen LogP contribution in [-0.2, 0) is 20.9 Å². The summed E-state index contributed by atoms with van der Waals surface area (Å²) in [7, 11) is 0. The Labute approximate surface area is 129 Å². The second-order valence-electron chi connectivity index (χ2n) is 5.34. The maximum absolute atomic E-state index is 12.3. The van der Waals surface area contributed by atoms with Crippen LogP contribution in [0.1, 0.15) is 24.1 Å². The molecule has 22 heavy (non-hydrogen) atoms. The van der Waals surface area contributed by atoms with Gasteiger partial charge in [-0.15, -0.1) is 0 Å². The third-order valence-corrected chi connectivity index (χ3v) is 3.78. The van der Waals surface area contributed by atoms with E-state index in [4.69, 9.17) is 4.74 Å². The average molecular weight is 295 g/mol. The second kappa shape index (κ2) is 6.02. The molecule has 0 N–H and O–H groups in total. The number of esters is 1. The van der Waals surface area contributed by atoms with Crippen LogP contribution in [0.15, 0.2) is 60.7 Å². The Hall–Kier alpha value is -2.62. The molecule has 112 valence electrons. The first-order chi connectivity index (χ1) is 10.7. The lowest BCUT2D eigenvalue weighted by molar-refractivity contribution is -0.183. The maximum atomic E-state index is 12.3. The molecular formula is C18H17NO3. The van der Waals surface area contributed by atoms with Crippen molar-refractivity contribution in [3.63, 3.8) is 0 Å². The molecule has 0 aliphatic carbocycles. The van der Waals surface area contributed by atoms with E-state index in [1.807, 2.05) is 60.7 Å². The molecule has 4 nitrogen and oxygen atoms in total. The molecule has 3 rings (SSSR count). The van der Waals surface area contributed by atoms with E-state index in [9.17, 15) is 9.59 Å². The highest BCUT2D eigenvalue weighted by molar-refractivity contribution is 5.90. The Morgan fingerprint density at radius 2 is 1.64 bits per heavy atom. The number of ether oxygens (including phenoxy) is 1. The summed E-state index contributed by atoms with van der Waals surface area (Å²) >= 11 is 0. The quantitative estimate of drug-likeness (QED) is 0.643. The van der Waals surface area contributed by atoms with Gasteiger partial charge < -0.3 is 9.64 Å². The van der Waals surface area contributed by atoms with Crippen molar-refractivity contribution in [2.24, 2.45) is 0 Å². The van der Waals surface area contributed by atoms with Crippen LogP contribution in [0.4, 0.5) is 0 Å². The van der Waals surface area contributed by atoms with Gasteiger partial charge in [-0.05, 0) is 11.1 Å². The number of likely N-dealkylation sites (tertiary alicyclic amines) is 1. The minimum atomic E-state index is -0.719. The monoisotopic (exact) mass is 295 g/mol. The van der Waals surface area contributed by atoms with E-state index < -0.39 is 12.1 Å². The van der Waals surface area contributed by atoms with Gasteiger partial charge in [0.1, 0.15) is 6.04 Å². The zero-order valence-electron chi connectivity index (χ0n) is 12.3. The van der Waals surface area contributed by atoms with Crippen LogP contribution in [0, 0.1) is 0 Å². The van der Waals surface area contributed by atoms with Crippen LogP contribution in [0.3, 0.4) is 0 Å². The molecule has 0 spiro atoms. The van der Waals surface area contributed by atoms with E-state index in [0.29, 0.717) is 6.54 Å². The van der Waals surface area contributed by atoms with Gasteiger partial charge in [0.25, 0.3) is 5.91 Å². The van der Waals surface area contributed by atoms with Gasteiger partial charge in [0.15, 0.2) is 0 Å². The van der Waals surface area contributed by atoms with Crippen LogP contribution < -0.4 is 0 Å². The van der Waals surface area contributed by atoms with Gasteiger partial charge in [-0.25, -0.2) is 0 Å². The number of β-lactam (4-membered cyclic amide) rings is 1. The first-order valence-corrected chi connectivity index (χ1v) is 7.23. The lowest BCUT2D eigenvalue weighted by Gasteiger charge is -2.46. The molecule has 0 aromatic heterocycles. The topological polar surface area (TPSA) is 46.6 Å². The van der Waals surface area contributed by atoms with Gasteiger partial charge in [0.2, 0.25) is 6.10 Å². The van der Waals surface area contributed by atoms with Crippen LogP contribution in [-0.4, -0.2) is 22.9 Å². The van der Waals surface area contributed by atoms with Crippen molar-refractivity contribution < 1.29 is 14.3 Å². The van der Waals surface area contributed by atoms with E-state index in [1.54, 1.807) is 4.90 Å². The summed E-state index contributed by atoms with van der Waals surface area (Å²) < 4.78 is 5.20. The number of rotatable bonds is 4. The van der Waals surface area contributed by atoms with E-state index in [1.165, 1.54) is 6.92 Å². The summed E-state index contributed by atoms with van der Waals surface area (Å²) in [6.07, 6.45) is -0.719. The van der Waals surface area contributed by atoms with Crippen LogP contribution in [0.5, 0.6) is 0 Å². The van der Waals surface area contributed by atoms with Crippen molar-refractivity contribution in [3.8, 4) is 0 Å². The zero-order chi connectivity index (χ0) is 15.5. The summed E-state index contributed by atoms with van der Waals surface area (Å²) in [5.74, 6) is -0.577. The predicted molar refractivity (Wildman–Crippen MR) is 81.7 cm³/mol. The van der Waals surface area contributed by atoms with Crippen LogP contribution in [0.25, 0.3) is 0 Å². The number of carbonyl (C=O) groups is 2. The fourth-order valence-corrected chi connectivity index (χ4v) is 2.77. The molecule has 2 aromatic rings. The van der Waals surface area contributed by atoms with Crippen molar-refractivity contribution in [2.45, 2.75) is 25.6 Å². The Bertz CT molecular complexity index is 669. The fraction of sp³-hybridized carbons (Fsp3) is 0.222. The number of hydrogen-bond donors (Lipinski definition) is 0. The third-order valence-electron chi connectivity index (χ3n) is 3.78. The SMILES string of the molecule is CC(=O)O[C@@H]1C(=O)N(Cc2ccccc2)[C@H]1c1ccccc1. The normalized spacial score (nSPS) is 20.4. The van der Waals surface area contributed by atoms with Crippen molar-refractivity contribution in [1.29, 1.82) is 0 Å². The van der Waals surface area contributed by atoms with Crippen molar-refractivity contribution in [1.82, 2.24) is 4.90 Å². The lowest BCUT2D eigenvalue weighted by atomic mass is 9.90. The molecule has 0 bridgehead atoms. The third kappa shape index (κ3) is 2.72. The molecule has 1 aliphatic heterocycles. The van der Waals surface area contributed by atoms with Gasteiger partial charge in [-0.3, -0.25) is 9.59 Å². The van der Waals surface area contributed by atoms with Gasteiger partial charge in [0, 0.05) is 13.5 Å². The molecule has 1 fully saturated rings. The van der Waals surface area contributed by atoms with Gasteiger partial charge in [-0.1, -0.05) is 60.7 Å². The number of benzene rings is 2. The van der Waals surface area contributed by atoms with Gasteiger partial charge in [0.05, 0.1) is 0 Å². The van der Waals surface area contributed by atoms with E-state index in [-0.39, 0.29) is 11.9 Å². The lowest BCUT2D eigenvalue weighted by Crippen LogP contribution is -2.59. The molecule has 1 aliphatic rings.